The first kappa shape index (κ1) is 13.3. The lowest BCUT2D eigenvalue weighted by Crippen LogP contribution is -2.29. The fraction of sp³-hybridized carbons (Fsp3) is 0.294. The van der Waals surface area contributed by atoms with Crippen molar-refractivity contribution in [2.45, 2.75) is 18.9 Å². The van der Waals surface area contributed by atoms with Crippen LogP contribution in [-0.4, -0.2) is 27.6 Å². The van der Waals surface area contributed by atoms with Gasteiger partial charge in [-0.25, -0.2) is 9.97 Å². The molecule has 0 bridgehead atoms. The molecule has 0 radical (unpaired) electrons. The summed E-state index contributed by atoms with van der Waals surface area (Å²) < 4.78 is 2.29. The van der Waals surface area contributed by atoms with Crippen molar-refractivity contribution in [3.63, 3.8) is 0 Å². The molecule has 3 aromatic rings. The van der Waals surface area contributed by atoms with Gasteiger partial charge in [-0.15, -0.1) is 0 Å². The molecule has 2 aromatic heterocycles. The summed E-state index contributed by atoms with van der Waals surface area (Å²) in [5.74, 6) is 0.552. The average molecular weight is 293 g/mol. The van der Waals surface area contributed by atoms with Gasteiger partial charge in [0.15, 0.2) is 0 Å². The summed E-state index contributed by atoms with van der Waals surface area (Å²) >= 11 is 0. The molecule has 1 aliphatic heterocycles. The number of rotatable bonds is 2. The monoisotopic (exact) mass is 293 g/mol. The lowest BCUT2D eigenvalue weighted by Gasteiger charge is -2.24. The normalized spacial score (nSPS) is 16.2. The minimum Gasteiger partial charge on any atom is -0.383 e. The highest BCUT2D eigenvalue weighted by Gasteiger charge is 2.21. The number of benzene rings is 1. The summed E-state index contributed by atoms with van der Waals surface area (Å²) in [6, 6.07) is 10.8. The van der Waals surface area contributed by atoms with Crippen molar-refractivity contribution in [1.82, 2.24) is 19.9 Å². The van der Waals surface area contributed by atoms with Crippen LogP contribution in [0.2, 0.25) is 0 Å². The number of nitrogens with one attached hydrogen (secondary N) is 1. The van der Waals surface area contributed by atoms with Crippen molar-refractivity contribution in [3.8, 4) is 11.1 Å². The second-order valence-electron chi connectivity index (χ2n) is 5.75. The first-order valence-electron chi connectivity index (χ1n) is 7.72. The maximum absolute atomic E-state index is 6.16. The van der Waals surface area contributed by atoms with E-state index in [1.165, 1.54) is 0 Å². The standard InChI is InChI=1S/C17H19N5/c18-16-15-14(12-4-2-1-3-5-12)10-22(17(15)21-11-20-16)13-6-8-19-9-7-13/h1-5,10-11,13,19H,6-9H2,(H2,18,20,21). The first-order valence-corrected chi connectivity index (χ1v) is 7.72. The second-order valence-corrected chi connectivity index (χ2v) is 5.75. The van der Waals surface area contributed by atoms with Gasteiger partial charge in [-0.05, 0) is 31.5 Å². The minimum atomic E-state index is 0.468. The van der Waals surface area contributed by atoms with Gasteiger partial charge in [-0.2, -0.15) is 0 Å². The Morgan fingerprint density at radius 3 is 2.64 bits per heavy atom. The average Bonchev–Trinajstić information content (AvgIpc) is 2.98. The zero-order valence-electron chi connectivity index (χ0n) is 12.4. The van der Waals surface area contributed by atoms with Crippen molar-refractivity contribution in [3.05, 3.63) is 42.9 Å². The van der Waals surface area contributed by atoms with Crippen molar-refractivity contribution >= 4 is 16.9 Å². The second kappa shape index (κ2) is 5.42. The molecule has 5 nitrogen and oxygen atoms in total. The van der Waals surface area contributed by atoms with Gasteiger partial charge < -0.3 is 15.6 Å². The third-order valence-electron chi connectivity index (χ3n) is 4.43. The highest BCUT2D eigenvalue weighted by atomic mass is 15.1. The van der Waals surface area contributed by atoms with Gasteiger partial charge >= 0.3 is 0 Å². The molecule has 0 amide bonds. The van der Waals surface area contributed by atoms with Gasteiger partial charge in [-0.3, -0.25) is 0 Å². The highest BCUT2D eigenvalue weighted by Crippen LogP contribution is 2.35. The molecule has 1 aromatic carbocycles. The van der Waals surface area contributed by atoms with Crippen molar-refractivity contribution in [1.29, 1.82) is 0 Å². The molecule has 1 fully saturated rings. The Morgan fingerprint density at radius 1 is 1.09 bits per heavy atom. The maximum atomic E-state index is 6.16. The summed E-state index contributed by atoms with van der Waals surface area (Å²) in [7, 11) is 0. The van der Waals surface area contributed by atoms with Crippen molar-refractivity contribution < 1.29 is 0 Å². The third-order valence-corrected chi connectivity index (χ3v) is 4.43. The van der Waals surface area contributed by atoms with Crippen LogP contribution in [0, 0.1) is 0 Å². The zero-order valence-corrected chi connectivity index (χ0v) is 12.4. The molecular formula is C17H19N5. The summed E-state index contributed by atoms with van der Waals surface area (Å²) in [6.07, 6.45) is 5.98. The molecule has 1 aliphatic rings. The molecule has 0 aliphatic carbocycles. The van der Waals surface area contributed by atoms with Crippen molar-refractivity contribution in [2.24, 2.45) is 0 Å². The number of nitrogens with two attached hydrogens (primary N) is 1. The molecular weight excluding hydrogens is 274 g/mol. The van der Waals surface area contributed by atoms with Gasteiger partial charge in [0.2, 0.25) is 0 Å². The van der Waals surface area contributed by atoms with Crippen LogP contribution in [0.15, 0.2) is 42.9 Å². The van der Waals surface area contributed by atoms with Crippen LogP contribution < -0.4 is 11.1 Å². The Balaban J connectivity index is 1.93. The summed E-state index contributed by atoms with van der Waals surface area (Å²) in [5, 5.41) is 4.38. The van der Waals surface area contributed by atoms with Crippen LogP contribution >= 0.6 is 0 Å². The lowest BCUT2D eigenvalue weighted by molar-refractivity contribution is 0.375. The van der Waals surface area contributed by atoms with Crippen LogP contribution in [-0.2, 0) is 0 Å². The number of hydrogen-bond donors (Lipinski definition) is 2. The summed E-state index contributed by atoms with van der Waals surface area (Å²) in [6.45, 7) is 2.09. The topological polar surface area (TPSA) is 68.8 Å². The van der Waals surface area contributed by atoms with Gasteiger partial charge in [0.1, 0.15) is 17.8 Å². The van der Waals surface area contributed by atoms with E-state index in [0.29, 0.717) is 11.9 Å². The van der Waals surface area contributed by atoms with Crippen molar-refractivity contribution in [2.75, 3.05) is 18.8 Å². The number of hydrogen-bond acceptors (Lipinski definition) is 4. The van der Waals surface area contributed by atoms with E-state index in [-0.39, 0.29) is 0 Å². The fourth-order valence-corrected chi connectivity index (χ4v) is 3.31. The molecule has 112 valence electrons. The Morgan fingerprint density at radius 2 is 1.86 bits per heavy atom. The predicted molar refractivity (Wildman–Crippen MR) is 88.5 cm³/mol. The highest BCUT2D eigenvalue weighted by molar-refractivity contribution is 6.00. The molecule has 4 rings (SSSR count). The zero-order chi connectivity index (χ0) is 14.9. The van der Waals surface area contributed by atoms with E-state index < -0.39 is 0 Å². The first-order chi connectivity index (χ1) is 10.8. The predicted octanol–water partition coefficient (Wildman–Crippen LogP) is 2.61. The molecule has 0 spiro atoms. The van der Waals surface area contributed by atoms with E-state index in [2.05, 4.69) is 38.2 Å². The summed E-state index contributed by atoms with van der Waals surface area (Å²) in [4.78, 5) is 8.71. The number of anilines is 1. The molecule has 0 saturated carbocycles. The third kappa shape index (κ3) is 2.14. The number of piperidine rings is 1. The molecule has 5 heteroatoms. The smallest absolute Gasteiger partial charge is 0.146 e. The van der Waals surface area contributed by atoms with Gasteiger partial charge in [0.25, 0.3) is 0 Å². The van der Waals surface area contributed by atoms with E-state index in [9.17, 15) is 0 Å². The van der Waals surface area contributed by atoms with Crippen LogP contribution in [0.5, 0.6) is 0 Å². The molecule has 22 heavy (non-hydrogen) atoms. The maximum Gasteiger partial charge on any atom is 0.146 e. The lowest BCUT2D eigenvalue weighted by atomic mass is 10.1. The SMILES string of the molecule is Nc1ncnc2c1c(-c1ccccc1)cn2C1CCNCC1. The van der Waals surface area contributed by atoms with E-state index in [0.717, 1.165) is 48.1 Å². The number of nitrogen functional groups attached to an aromatic ring is 1. The Kier molecular flexibility index (Phi) is 3.27. The van der Waals surface area contributed by atoms with E-state index in [1.807, 2.05) is 18.2 Å². The Labute approximate surface area is 129 Å². The van der Waals surface area contributed by atoms with Crippen LogP contribution in [0.4, 0.5) is 5.82 Å². The Bertz CT molecular complexity index is 787. The van der Waals surface area contributed by atoms with E-state index in [1.54, 1.807) is 6.33 Å². The largest absolute Gasteiger partial charge is 0.383 e. The molecule has 1 saturated heterocycles. The quantitative estimate of drug-likeness (QED) is 0.762. The van der Waals surface area contributed by atoms with Gasteiger partial charge in [0, 0.05) is 17.8 Å². The van der Waals surface area contributed by atoms with Gasteiger partial charge in [0.05, 0.1) is 5.39 Å². The molecule has 0 atom stereocenters. The van der Waals surface area contributed by atoms with E-state index >= 15 is 0 Å². The Hall–Kier alpha value is -2.40. The minimum absolute atomic E-state index is 0.468. The van der Waals surface area contributed by atoms with Crippen LogP contribution in [0.1, 0.15) is 18.9 Å². The summed E-state index contributed by atoms with van der Waals surface area (Å²) in [5.41, 5.74) is 9.38. The van der Waals surface area contributed by atoms with Crippen LogP contribution in [0.3, 0.4) is 0 Å². The van der Waals surface area contributed by atoms with Crippen LogP contribution in [0.25, 0.3) is 22.2 Å². The molecule has 0 unspecified atom stereocenters. The number of nitrogens with zero attached hydrogens (tertiary/aromatic N) is 3. The van der Waals surface area contributed by atoms with Gasteiger partial charge in [-0.1, -0.05) is 30.3 Å². The fourth-order valence-electron chi connectivity index (χ4n) is 3.31. The number of fused-ring (bicyclic) bond motifs is 1. The number of aromatic nitrogens is 3. The van der Waals surface area contributed by atoms with E-state index in [4.69, 9.17) is 5.73 Å². The molecule has 3 N–H and O–H groups in total. The molecule has 3 heterocycles.